The number of anilines is 1. The van der Waals surface area contributed by atoms with E-state index in [-0.39, 0.29) is 5.91 Å². The van der Waals surface area contributed by atoms with Gasteiger partial charge >= 0.3 is 0 Å². The molecular weight excluding hydrogens is 308 g/mol. The van der Waals surface area contributed by atoms with E-state index in [0.29, 0.717) is 35.2 Å². The molecule has 1 unspecified atom stereocenters. The van der Waals surface area contributed by atoms with Gasteiger partial charge in [-0.25, -0.2) is 0 Å². The largest absolute Gasteiger partial charge is 0.398 e. The minimum absolute atomic E-state index is 0.0307. The summed E-state index contributed by atoms with van der Waals surface area (Å²) in [6, 6.07) is 5.31. The second kappa shape index (κ2) is 5.51. The minimum atomic E-state index is -0.665. The van der Waals surface area contributed by atoms with Gasteiger partial charge in [-0.1, -0.05) is 6.07 Å². The summed E-state index contributed by atoms with van der Waals surface area (Å²) >= 11 is 3.37. The Morgan fingerprint density at radius 3 is 2.89 bits per heavy atom. The Kier molecular flexibility index (Phi) is 4.16. The van der Waals surface area contributed by atoms with Gasteiger partial charge in [0.15, 0.2) is 0 Å². The fraction of sp³-hybridized carbons (Fsp3) is 0.500. The highest BCUT2D eigenvalue weighted by Gasteiger charge is 2.28. The van der Waals surface area contributed by atoms with Crippen molar-refractivity contribution in [2.24, 2.45) is 0 Å². The average molecular weight is 327 g/mol. The number of hydrogen-bond acceptors (Lipinski definition) is 3. The number of nitrogens with zero attached hydrogens (tertiary/aromatic N) is 1. The zero-order valence-electron chi connectivity index (χ0n) is 11.0. The Bertz CT molecular complexity index is 488. The molecule has 1 heterocycles. The molecule has 1 fully saturated rings. The molecule has 1 aromatic rings. The van der Waals surface area contributed by atoms with Crippen molar-refractivity contribution in [2.45, 2.75) is 31.8 Å². The summed E-state index contributed by atoms with van der Waals surface area (Å²) in [5.41, 5.74) is 6.29. The van der Waals surface area contributed by atoms with Gasteiger partial charge in [-0.3, -0.25) is 4.79 Å². The number of nitrogen functional groups attached to an aromatic ring is 1. The standard InChI is InChI=1S/C14H19BrN2O2/c1-14(19)6-3-8-17(9-7-14)13(18)10-4-2-5-11(16)12(10)15/h2,4-5,19H,3,6-9,16H2,1H3. The zero-order valence-corrected chi connectivity index (χ0v) is 12.6. The Labute approximate surface area is 121 Å². The van der Waals surface area contributed by atoms with Gasteiger partial charge in [0.05, 0.1) is 15.6 Å². The summed E-state index contributed by atoms with van der Waals surface area (Å²) in [4.78, 5) is 14.3. The highest BCUT2D eigenvalue weighted by atomic mass is 79.9. The first-order valence-corrected chi connectivity index (χ1v) is 7.26. The monoisotopic (exact) mass is 326 g/mol. The van der Waals surface area contributed by atoms with Crippen LogP contribution >= 0.6 is 15.9 Å². The van der Waals surface area contributed by atoms with Crippen LogP contribution in [0, 0.1) is 0 Å². The van der Waals surface area contributed by atoms with Crippen molar-refractivity contribution >= 4 is 27.5 Å². The number of likely N-dealkylation sites (tertiary alicyclic amines) is 1. The number of carbonyl (C=O) groups excluding carboxylic acids is 1. The summed E-state index contributed by atoms with van der Waals surface area (Å²) in [6.07, 6.45) is 2.16. The van der Waals surface area contributed by atoms with Crippen molar-refractivity contribution < 1.29 is 9.90 Å². The van der Waals surface area contributed by atoms with Gasteiger partial charge < -0.3 is 15.7 Å². The van der Waals surface area contributed by atoms with Gasteiger partial charge in [0.25, 0.3) is 5.91 Å². The van der Waals surface area contributed by atoms with Gasteiger partial charge in [-0.2, -0.15) is 0 Å². The highest BCUT2D eigenvalue weighted by Crippen LogP contribution is 2.27. The summed E-state index contributed by atoms with van der Waals surface area (Å²) in [6.45, 7) is 3.08. The van der Waals surface area contributed by atoms with E-state index in [1.165, 1.54) is 0 Å². The Morgan fingerprint density at radius 2 is 2.16 bits per heavy atom. The Morgan fingerprint density at radius 1 is 1.42 bits per heavy atom. The van der Waals surface area contributed by atoms with E-state index >= 15 is 0 Å². The van der Waals surface area contributed by atoms with Crippen molar-refractivity contribution in [1.29, 1.82) is 0 Å². The number of amides is 1. The lowest BCUT2D eigenvalue weighted by molar-refractivity contribution is 0.0438. The molecule has 0 radical (unpaired) electrons. The van der Waals surface area contributed by atoms with Crippen LogP contribution in [-0.2, 0) is 0 Å². The van der Waals surface area contributed by atoms with E-state index in [0.717, 1.165) is 12.8 Å². The fourth-order valence-electron chi connectivity index (χ4n) is 2.35. The van der Waals surface area contributed by atoms with Crippen molar-refractivity contribution in [2.75, 3.05) is 18.8 Å². The first-order valence-electron chi connectivity index (χ1n) is 6.46. The van der Waals surface area contributed by atoms with Crippen LogP contribution in [0.4, 0.5) is 5.69 Å². The predicted octanol–water partition coefficient (Wildman–Crippen LogP) is 2.41. The molecule has 1 atom stereocenters. The molecular formula is C14H19BrN2O2. The maximum absolute atomic E-state index is 12.5. The van der Waals surface area contributed by atoms with Gasteiger partial charge in [0, 0.05) is 18.8 Å². The fourth-order valence-corrected chi connectivity index (χ4v) is 2.79. The molecule has 1 aromatic carbocycles. The molecule has 0 bridgehead atoms. The topological polar surface area (TPSA) is 66.6 Å². The lowest BCUT2D eigenvalue weighted by Crippen LogP contribution is -2.33. The van der Waals surface area contributed by atoms with Crippen LogP contribution in [0.3, 0.4) is 0 Å². The SMILES string of the molecule is CC1(O)CCCN(C(=O)c2cccc(N)c2Br)CC1. The van der Waals surface area contributed by atoms with E-state index in [9.17, 15) is 9.90 Å². The average Bonchev–Trinajstić information content (AvgIpc) is 2.53. The number of carbonyl (C=O) groups is 1. The van der Waals surface area contributed by atoms with E-state index in [1.807, 2.05) is 6.92 Å². The first-order chi connectivity index (χ1) is 8.91. The molecule has 19 heavy (non-hydrogen) atoms. The molecule has 5 heteroatoms. The molecule has 0 aromatic heterocycles. The second-order valence-electron chi connectivity index (χ2n) is 5.35. The summed E-state index contributed by atoms with van der Waals surface area (Å²) in [5, 5.41) is 10.1. The van der Waals surface area contributed by atoms with Crippen LogP contribution < -0.4 is 5.73 Å². The lowest BCUT2D eigenvalue weighted by atomic mass is 9.98. The predicted molar refractivity (Wildman–Crippen MR) is 78.9 cm³/mol. The molecule has 1 aliphatic heterocycles. The van der Waals surface area contributed by atoms with Gasteiger partial charge in [0.2, 0.25) is 0 Å². The van der Waals surface area contributed by atoms with Gasteiger partial charge in [-0.05, 0) is 54.2 Å². The van der Waals surface area contributed by atoms with Crippen molar-refractivity contribution in [1.82, 2.24) is 4.90 Å². The molecule has 1 aliphatic rings. The Hall–Kier alpha value is -1.07. The number of hydrogen-bond donors (Lipinski definition) is 2. The third-order valence-electron chi connectivity index (χ3n) is 3.61. The van der Waals surface area contributed by atoms with Crippen molar-refractivity contribution in [3.63, 3.8) is 0 Å². The molecule has 1 saturated heterocycles. The third kappa shape index (κ3) is 3.28. The third-order valence-corrected chi connectivity index (χ3v) is 4.49. The van der Waals surface area contributed by atoms with Gasteiger partial charge in [-0.15, -0.1) is 0 Å². The quantitative estimate of drug-likeness (QED) is 0.779. The molecule has 104 valence electrons. The van der Waals surface area contributed by atoms with Crippen LogP contribution in [0.5, 0.6) is 0 Å². The van der Waals surface area contributed by atoms with Crippen molar-refractivity contribution in [3.8, 4) is 0 Å². The summed E-state index contributed by atoms with van der Waals surface area (Å²) in [5.74, 6) is -0.0307. The van der Waals surface area contributed by atoms with Crippen LogP contribution in [0.15, 0.2) is 22.7 Å². The maximum Gasteiger partial charge on any atom is 0.255 e. The molecule has 0 saturated carbocycles. The van der Waals surface area contributed by atoms with E-state index in [2.05, 4.69) is 15.9 Å². The van der Waals surface area contributed by atoms with Crippen LogP contribution in [0.2, 0.25) is 0 Å². The van der Waals surface area contributed by atoms with E-state index in [4.69, 9.17) is 5.73 Å². The van der Waals surface area contributed by atoms with Crippen LogP contribution in [0.1, 0.15) is 36.5 Å². The van der Waals surface area contributed by atoms with E-state index in [1.54, 1.807) is 23.1 Å². The summed E-state index contributed by atoms with van der Waals surface area (Å²) < 4.78 is 0.649. The second-order valence-corrected chi connectivity index (χ2v) is 6.14. The summed E-state index contributed by atoms with van der Waals surface area (Å²) in [7, 11) is 0. The number of nitrogens with two attached hydrogens (primary N) is 1. The number of aliphatic hydroxyl groups is 1. The smallest absolute Gasteiger partial charge is 0.255 e. The minimum Gasteiger partial charge on any atom is -0.398 e. The molecule has 0 aliphatic carbocycles. The van der Waals surface area contributed by atoms with Crippen molar-refractivity contribution in [3.05, 3.63) is 28.2 Å². The maximum atomic E-state index is 12.5. The zero-order chi connectivity index (χ0) is 14.0. The van der Waals surface area contributed by atoms with Gasteiger partial charge in [0.1, 0.15) is 0 Å². The molecule has 0 spiro atoms. The van der Waals surface area contributed by atoms with E-state index < -0.39 is 5.60 Å². The highest BCUT2D eigenvalue weighted by molar-refractivity contribution is 9.10. The number of benzene rings is 1. The number of rotatable bonds is 1. The molecule has 1 amide bonds. The lowest BCUT2D eigenvalue weighted by Gasteiger charge is -2.23. The van der Waals surface area contributed by atoms with Crippen LogP contribution in [0.25, 0.3) is 0 Å². The molecule has 4 nitrogen and oxygen atoms in total. The Balaban J connectivity index is 2.18. The first kappa shape index (κ1) is 14.3. The molecule has 2 rings (SSSR count). The number of halogens is 1. The molecule has 3 N–H and O–H groups in total. The normalized spacial score (nSPS) is 24.1. The van der Waals surface area contributed by atoms with Crippen LogP contribution in [-0.4, -0.2) is 34.6 Å².